The first-order valence-corrected chi connectivity index (χ1v) is 8.44. The van der Waals surface area contributed by atoms with Gasteiger partial charge >= 0.3 is 11.9 Å². The van der Waals surface area contributed by atoms with Crippen molar-refractivity contribution in [2.45, 2.75) is 65.8 Å². The Morgan fingerprint density at radius 3 is 2.43 bits per heavy atom. The Morgan fingerprint density at radius 2 is 2.00 bits per heavy atom. The number of carboxylic acid groups (broad SMARTS) is 1. The van der Waals surface area contributed by atoms with Crippen molar-refractivity contribution in [1.29, 1.82) is 0 Å². The molecule has 1 N–H and O–H groups in total. The summed E-state index contributed by atoms with van der Waals surface area (Å²) in [5.41, 5.74) is -0.905. The highest BCUT2D eigenvalue weighted by molar-refractivity contribution is 5.80. The van der Waals surface area contributed by atoms with Gasteiger partial charge in [-0.2, -0.15) is 0 Å². The van der Waals surface area contributed by atoms with Crippen LogP contribution in [0.4, 0.5) is 0 Å². The predicted molar refractivity (Wildman–Crippen MR) is 85.8 cm³/mol. The third-order valence-corrected chi connectivity index (χ3v) is 4.65. The Hall–Kier alpha value is -1.59. The first kappa shape index (κ1) is 19.5. The van der Waals surface area contributed by atoms with Gasteiger partial charge in [0.1, 0.15) is 0 Å². The monoisotopic (exact) mass is 327 g/mol. The van der Waals surface area contributed by atoms with Crippen molar-refractivity contribution in [3.63, 3.8) is 0 Å². The lowest BCUT2D eigenvalue weighted by atomic mass is 9.75. The molecule has 132 valence electrons. The number of carbonyl (C=O) groups excluding carboxylic acids is 2. The minimum absolute atomic E-state index is 0.0552. The van der Waals surface area contributed by atoms with E-state index in [0.717, 1.165) is 12.8 Å². The summed E-state index contributed by atoms with van der Waals surface area (Å²) in [6, 6.07) is -0.0552. The van der Waals surface area contributed by atoms with Gasteiger partial charge in [-0.3, -0.25) is 14.4 Å². The van der Waals surface area contributed by atoms with Crippen LogP contribution in [0.15, 0.2) is 0 Å². The van der Waals surface area contributed by atoms with Crippen molar-refractivity contribution >= 4 is 17.8 Å². The van der Waals surface area contributed by atoms with Crippen LogP contribution < -0.4 is 0 Å². The molecule has 3 unspecified atom stereocenters. The van der Waals surface area contributed by atoms with E-state index in [-0.39, 0.29) is 30.9 Å². The maximum Gasteiger partial charge on any atom is 0.311 e. The summed E-state index contributed by atoms with van der Waals surface area (Å²) in [5, 5.41) is 9.19. The molecule has 0 aromatic heterocycles. The van der Waals surface area contributed by atoms with Crippen molar-refractivity contribution in [2.75, 3.05) is 13.2 Å². The highest BCUT2D eigenvalue weighted by Crippen LogP contribution is 2.36. The lowest BCUT2D eigenvalue weighted by molar-refractivity contribution is -0.159. The van der Waals surface area contributed by atoms with Crippen LogP contribution in [0, 0.1) is 11.3 Å². The average Bonchev–Trinajstić information content (AvgIpc) is 2.91. The van der Waals surface area contributed by atoms with Gasteiger partial charge < -0.3 is 14.7 Å². The number of amides is 1. The molecule has 3 atom stereocenters. The van der Waals surface area contributed by atoms with Crippen LogP contribution in [0.1, 0.15) is 59.8 Å². The topological polar surface area (TPSA) is 83.9 Å². The molecule has 1 aliphatic heterocycles. The van der Waals surface area contributed by atoms with Crippen molar-refractivity contribution in [1.82, 2.24) is 4.90 Å². The van der Waals surface area contributed by atoms with Crippen LogP contribution in [0.25, 0.3) is 0 Å². The molecule has 0 saturated carbocycles. The van der Waals surface area contributed by atoms with E-state index in [9.17, 15) is 19.5 Å². The number of ether oxygens (including phenoxy) is 1. The molecule has 1 rings (SSSR count). The first-order valence-electron chi connectivity index (χ1n) is 8.44. The van der Waals surface area contributed by atoms with E-state index in [4.69, 9.17) is 4.74 Å². The smallest absolute Gasteiger partial charge is 0.311 e. The molecule has 0 aromatic carbocycles. The first-order chi connectivity index (χ1) is 10.7. The van der Waals surface area contributed by atoms with E-state index in [1.807, 2.05) is 11.8 Å². The molecule has 23 heavy (non-hydrogen) atoms. The summed E-state index contributed by atoms with van der Waals surface area (Å²) in [7, 11) is 0. The fraction of sp³-hybridized carbons (Fsp3) is 0.824. The lowest BCUT2D eigenvalue weighted by Gasteiger charge is -2.36. The Bertz CT molecular complexity index is 450. The van der Waals surface area contributed by atoms with Crippen molar-refractivity contribution in [3.8, 4) is 0 Å². The maximum absolute atomic E-state index is 12.5. The van der Waals surface area contributed by atoms with Gasteiger partial charge in [0.15, 0.2) is 0 Å². The summed E-state index contributed by atoms with van der Waals surface area (Å²) in [5.74, 6) is -1.82. The fourth-order valence-electron chi connectivity index (χ4n) is 3.37. The number of esters is 1. The normalized spacial score (nSPS) is 20.0. The van der Waals surface area contributed by atoms with Crippen LogP contribution in [-0.2, 0) is 19.1 Å². The summed E-state index contributed by atoms with van der Waals surface area (Å²) in [6.07, 6.45) is 2.78. The number of rotatable bonds is 9. The van der Waals surface area contributed by atoms with Crippen LogP contribution >= 0.6 is 0 Å². The van der Waals surface area contributed by atoms with E-state index in [1.165, 1.54) is 0 Å². The van der Waals surface area contributed by atoms with Gasteiger partial charge in [-0.1, -0.05) is 13.8 Å². The van der Waals surface area contributed by atoms with E-state index in [2.05, 4.69) is 0 Å². The molecule has 0 bridgehead atoms. The number of carboxylic acids is 1. The molecule has 1 heterocycles. The Balaban J connectivity index is 2.95. The molecular formula is C17H29NO5. The maximum atomic E-state index is 12.5. The third-order valence-electron chi connectivity index (χ3n) is 4.65. The number of nitrogens with zero attached hydrogens (tertiary/aromatic N) is 1. The lowest BCUT2D eigenvalue weighted by Crippen LogP contribution is -2.43. The van der Waals surface area contributed by atoms with E-state index < -0.39 is 17.3 Å². The second-order valence-electron chi connectivity index (χ2n) is 6.68. The van der Waals surface area contributed by atoms with Gasteiger partial charge in [0.25, 0.3) is 0 Å². The summed E-state index contributed by atoms with van der Waals surface area (Å²) >= 11 is 0. The standard InChI is InChI=1S/C17H29NO5/c1-5-13(18-9-7-8-14(18)19)11-17(4,16(22)23-6-2)10-12(3)15(20)21/h12-13H,5-11H2,1-4H3,(H,20,21). The van der Waals surface area contributed by atoms with E-state index in [1.54, 1.807) is 20.8 Å². The van der Waals surface area contributed by atoms with Crippen molar-refractivity contribution in [2.24, 2.45) is 11.3 Å². The van der Waals surface area contributed by atoms with E-state index in [0.29, 0.717) is 19.4 Å². The highest BCUT2D eigenvalue weighted by atomic mass is 16.5. The molecule has 1 fully saturated rings. The molecule has 0 aliphatic carbocycles. The van der Waals surface area contributed by atoms with Gasteiger partial charge in [0, 0.05) is 19.0 Å². The highest BCUT2D eigenvalue weighted by Gasteiger charge is 2.41. The second-order valence-corrected chi connectivity index (χ2v) is 6.68. The molecule has 1 amide bonds. The summed E-state index contributed by atoms with van der Waals surface area (Å²) in [4.78, 5) is 37.5. The predicted octanol–water partition coefficient (Wildman–Crippen LogP) is 2.46. The molecule has 6 nitrogen and oxygen atoms in total. The minimum atomic E-state index is -0.925. The summed E-state index contributed by atoms with van der Waals surface area (Å²) in [6.45, 7) is 8.05. The van der Waals surface area contributed by atoms with Crippen molar-refractivity contribution in [3.05, 3.63) is 0 Å². The van der Waals surface area contributed by atoms with E-state index >= 15 is 0 Å². The Labute approximate surface area is 138 Å². The average molecular weight is 327 g/mol. The molecule has 0 radical (unpaired) electrons. The number of aliphatic carboxylic acids is 1. The van der Waals surface area contributed by atoms with Gasteiger partial charge in [-0.15, -0.1) is 0 Å². The molecule has 0 spiro atoms. The van der Waals surface area contributed by atoms with Gasteiger partial charge in [-0.25, -0.2) is 0 Å². The Kier molecular flexibility index (Phi) is 7.03. The molecule has 1 saturated heterocycles. The molecule has 6 heteroatoms. The van der Waals surface area contributed by atoms with Crippen LogP contribution in [0.5, 0.6) is 0 Å². The van der Waals surface area contributed by atoms with Crippen LogP contribution in [0.3, 0.4) is 0 Å². The Morgan fingerprint density at radius 1 is 1.35 bits per heavy atom. The van der Waals surface area contributed by atoms with Gasteiger partial charge in [0.2, 0.25) is 5.91 Å². The second kappa shape index (κ2) is 8.31. The fourth-order valence-corrected chi connectivity index (χ4v) is 3.37. The molecular weight excluding hydrogens is 298 g/mol. The van der Waals surface area contributed by atoms with Crippen LogP contribution in [-0.4, -0.2) is 47.0 Å². The largest absolute Gasteiger partial charge is 0.481 e. The molecule has 1 aliphatic rings. The zero-order valence-electron chi connectivity index (χ0n) is 14.6. The van der Waals surface area contributed by atoms with Crippen LogP contribution in [0.2, 0.25) is 0 Å². The SMILES string of the molecule is CCOC(=O)C(C)(CC(C)C(=O)O)CC(CC)N1CCCC1=O. The number of likely N-dealkylation sites (tertiary alicyclic amines) is 1. The zero-order chi connectivity index (χ0) is 17.6. The van der Waals surface area contributed by atoms with Crippen molar-refractivity contribution < 1.29 is 24.2 Å². The quantitative estimate of drug-likeness (QED) is 0.658. The number of hydrogen-bond donors (Lipinski definition) is 1. The van der Waals surface area contributed by atoms with Gasteiger partial charge in [0.05, 0.1) is 17.9 Å². The number of carbonyl (C=O) groups is 3. The zero-order valence-corrected chi connectivity index (χ0v) is 14.6. The van der Waals surface area contributed by atoms with Gasteiger partial charge in [-0.05, 0) is 39.5 Å². The third kappa shape index (κ3) is 4.94. The molecule has 0 aromatic rings. The summed E-state index contributed by atoms with van der Waals surface area (Å²) < 4.78 is 5.19. The minimum Gasteiger partial charge on any atom is -0.481 e. The number of hydrogen-bond acceptors (Lipinski definition) is 4.